The van der Waals surface area contributed by atoms with Crippen molar-refractivity contribution >= 4 is 11.6 Å². The van der Waals surface area contributed by atoms with E-state index in [1.54, 1.807) is 0 Å². The molecule has 1 aliphatic rings. The van der Waals surface area contributed by atoms with Crippen molar-refractivity contribution in [2.45, 2.75) is 57.5 Å². The lowest BCUT2D eigenvalue weighted by atomic mass is 9.81. The topological polar surface area (TPSA) is 6.48 Å². The van der Waals surface area contributed by atoms with E-state index in [1.165, 1.54) is 31.4 Å². The van der Waals surface area contributed by atoms with Crippen LogP contribution in [0.5, 0.6) is 0 Å². The molecule has 1 saturated heterocycles. The van der Waals surface area contributed by atoms with Crippen molar-refractivity contribution in [1.82, 2.24) is 9.80 Å². The Labute approximate surface area is 141 Å². The SMILES string of the molecule is CN(C)[C@]1(CCc2cccc(Cl)c2)CCCN(C(C)(C)C)C1. The van der Waals surface area contributed by atoms with Crippen LogP contribution >= 0.6 is 11.6 Å². The van der Waals surface area contributed by atoms with Gasteiger partial charge in [0.25, 0.3) is 0 Å². The first-order valence-electron chi connectivity index (χ1n) is 8.40. The summed E-state index contributed by atoms with van der Waals surface area (Å²) in [7, 11) is 4.48. The molecular weight excluding hydrogens is 292 g/mol. The molecule has 0 spiro atoms. The molecule has 0 radical (unpaired) electrons. The maximum atomic E-state index is 6.13. The number of rotatable bonds is 4. The predicted molar refractivity (Wildman–Crippen MR) is 96.8 cm³/mol. The van der Waals surface area contributed by atoms with Gasteiger partial charge in [-0.2, -0.15) is 0 Å². The lowest BCUT2D eigenvalue weighted by Crippen LogP contribution is -2.60. The van der Waals surface area contributed by atoms with Crippen LogP contribution in [0, 0.1) is 0 Å². The quantitative estimate of drug-likeness (QED) is 0.807. The molecule has 0 amide bonds. The van der Waals surface area contributed by atoms with Crippen LogP contribution < -0.4 is 0 Å². The zero-order chi connectivity index (χ0) is 16.4. The molecule has 0 unspecified atom stereocenters. The number of hydrogen-bond acceptors (Lipinski definition) is 2. The van der Waals surface area contributed by atoms with Crippen LogP contribution in [0.1, 0.15) is 45.6 Å². The van der Waals surface area contributed by atoms with Gasteiger partial charge in [-0.15, -0.1) is 0 Å². The second kappa shape index (κ2) is 6.90. The number of likely N-dealkylation sites (N-methyl/N-ethyl adjacent to an activating group) is 1. The molecule has 0 N–H and O–H groups in total. The fraction of sp³-hybridized carbons (Fsp3) is 0.684. The number of halogens is 1. The Balaban J connectivity index is 2.11. The minimum Gasteiger partial charge on any atom is -0.302 e. The summed E-state index contributed by atoms with van der Waals surface area (Å²) in [4.78, 5) is 5.10. The van der Waals surface area contributed by atoms with E-state index in [0.717, 1.165) is 18.0 Å². The average Bonchev–Trinajstić information content (AvgIpc) is 2.44. The Morgan fingerprint density at radius 2 is 2.00 bits per heavy atom. The Hall–Kier alpha value is -0.570. The maximum Gasteiger partial charge on any atom is 0.0408 e. The Kier molecular flexibility index (Phi) is 5.58. The summed E-state index contributed by atoms with van der Waals surface area (Å²) in [6.45, 7) is 9.36. The molecule has 1 heterocycles. The van der Waals surface area contributed by atoms with Crippen molar-refractivity contribution in [1.29, 1.82) is 0 Å². The van der Waals surface area contributed by atoms with Gasteiger partial charge >= 0.3 is 0 Å². The summed E-state index contributed by atoms with van der Waals surface area (Å²) >= 11 is 6.13. The predicted octanol–water partition coefficient (Wildman–Crippen LogP) is 4.47. The summed E-state index contributed by atoms with van der Waals surface area (Å²) in [6, 6.07) is 8.31. The van der Waals surface area contributed by atoms with Gasteiger partial charge in [0.05, 0.1) is 0 Å². The van der Waals surface area contributed by atoms with Crippen LogP contribution in [-0.2, 0) is 6.42 Å². The van der Waals surface area contributed by atoms with Crippen LogP contribution in [-0.4, -0.2) is 48.1 Å². The fourth-order valence-corrected chi connectivity index (χ4v) is 3.76. The molecule has 1 aromatic rings. The number of piperidine rings is 1. The number of likely N-dealkylation sites (tertiary alicyclic amines) is 1. The molecule has 2 rings (SSSR count). The average molecular weight is 323 g/mol. The highest BCUT2D eigenvalue weighted by atomic mass is 35.5. The van der Waals surface area contributed by atoms with Crippen LogP contribution in [0.15, 0.2) is 24.3 Å². The molecule has 124 valence electrons. The van der Waals surface area contributed by atoms with E-state index in [2.05, 4.69) is 62.9 Å². The first kappa shape index (κ1) is 17.8. The van der Waals surface area contributed by atoms with Crippen LogP contribution in [0.25, 0.3) is 0 Å². The molecular formula is C19H31ClN2. The standard InChI is InChI=1S/C19H31ClN2/c1-18(2,3)22-13-7-11-19(15-22,21(4)5)12-10-16-8-6-9-17(20)14-16/h6,8-9,14H,7,10-13,15H2,1-5H3/t19-/m0/s1. The molecule has 0 saturated carbocycles. The van der Waals surface area contributed by atoms with E-state index < -0.39 is 0 Å². The highest BCUT2D eigenvalue weighted by Crippen LogP contribution is 2.33. The molecule has 2 nitrogen and oxygen atoms in total. The number of nitrogens with zero attached hydrogens (tertiary/aromatic N) is 2. The summed E-state index contributed by atoms with van der Waals surface area (Å²) in [5.41, 5.74) is 1.87. The molecule has 0 aromatic heterocycles. The summed E-state index contributed by atoms with van der Waals surface area (Å²) in [5, 5.41) is 0.844. The molecule has 0 bridgehead atoms. The fourth-order valence-electron chi connectivity index (χ4n) is 3.55. The third-order valence-corrected chi connectivity index (χ3v) is 5.46. The molecule has 1 atom stereocenters. The highest BCUT2D eigenvalue weighted by Gasteiger charge is 2.39. The third-order valence-electron chi connectivity index (χ3n) is 5.22. The normalized spacial score (nSPS) is 24.0. The summed E-state index contributed by atoms with van der Waals surface area (Å²) in [5.74, 6) is 0. The minimum absolute atomic E-state index is 0.248. The van der Waals surface area contributed by atoms with E-state index in [0.29, 0.717) is 0 Å². The number of aryl methyl sites for hydroxylation is 1. The Morgan fingerprint density at radius 3 is 2.59 bits per heavy atom. The van der Waals surface area contributed by atoms with Crippen LogP contribution in [0.4, 0.5) is 0 Å². The Bertz CT molecular complexity index is 492. The molecule has 1 fully saturated rings. The lowest BCUT2D eigenvalue weighted by molar-refractivity contribution is -0.00392. The highest BCUT2D eigenvalue weighted by molar-refractivity contribution is 6.30. The molecule has 1 aliphatic heterocycles. The van der Waals surface area contributed by atoms with Gasteiger partial charge in [-0.05, 0) is 84.8 Å². The lowest BCUT2D eigenvalue weighted by Gasteiger charge is -2.51. The minimum atomic E-state index is 0.248. The third kappa shape index (κ3) is 4.24. The maximum absolute atomic E-state index is 6.13. The van der Waals surface area contributed by atoms with Gasteiger partial charge < -0.3 is 4.90 Å². The second-order valence-electron chi connectivity index (χ2n) is 7.94. The number of benzene rings is 1. The Morgan fingerprint density at radius 1 is 1.27 bits per heavy atom. The van der Waals surface area contributed by atoms with Crippen molar-refractivity contribution in [3.05, 3.63) is 34.9 Å². The van der Waals surface area contributed by atoms with E-state index in [1.807, 2.05) is 6.07 Å². The van der Waals surface area contributed by atoms with E-state index in [4.69, 9.17) is 11.6 Å². The van der Waals surface area contributed by atoms with Crippen LogP contribution in [0.3, 0.4) is 0 Å². The zero-order valence-electron chi connectivity index (χ0n) is 14.8. The smallest absolute Gasteiger partial charge is 0.0408 e. The zero-order valence-corrected chi connectivity index (χ0v) is 15.6. The molecule has 0 aliphatic carbocycles. The van der Waals surface area contributed by atoms with Gasteiger partial charge in [-0.3, -0.25) is 4.90 Å². The molecule has 1 aromatic carbocycles. The van der Waals surface area contributed by atoms with Gasteiger partial charge in [-0.1, -0.05) is 23.7 Å². The van der Waals surface area contributed by atoms with Crippen molar-refractivity contribution < 1.29 is 0 Å². The van der Waals surface area contributed by atoms with Crippen molar-refractivity contribution in [3.8, 4) is 0 Å². The van der Waals surface area contributed by atoms with E-state index >= 15 is 0 Å². The molecule has 22 heavy (non-hydrogen) atoms. The largest absolute Gasteiger partial charge is 0.302 e. The molecule has 3 heteroatoms. The van der Waals surface area contributed by atoms with E-state index in [-0.39, 0.29) is 11.1 Å². The van der Waals surface area contributed by atoms with Crippen molar-refractivity contribution in [2.75, 3.05) is 27.2 Å². The second-order valence-corrected chi connectivity index (χ2v) is 8.38. The van der Waals surface area contributed by atoms with Gasteiger partial charge in [0.2, 0.25) is 0 Å². The monoisotopic (exact) mass is 322 g/mol. The number of hydrogen-bond donors (Lipinski definition) is 0. The first-order chi connectivity index (χ1) is 10.2. The van der Waals surface area contributed by atoms with Gasteiger partial charge in [0.1, 0.15) is 0 Å². The van der Waals surface area contributed by atoms with Gasteiger partial charge in [0.15, 0.2) is 0 Å². The summed E-state index contributed by atoms with van der Waals surface area (Å²) < 4.78 is 0. The van der Waals surface area contributed by atoms with Crippen LogP contribution in [0.2, 0.25) is 5.02 Å². The van der Waals surface area contributed by atoms with Gasteiger partial charge in [0, 0.05) is 22.6 Å². The van der Waals surface area contributed by atoms with Gasteiger partial charge in [-0.25, -0.2) is 0 Å². The van der Waals surface area contributed by atoms with Crippen molar-refractivity contribution in [2.24, 2.45) is 0 Å². The van der Waals surface area contributed by atoms with Crippen molar-refractivity contribution in [3.63, 3.8) is 0 Å². The first-order valence-corrected chi connectivity index (χ1v) is 8.78. The van der Waals surface area contributed by atoms with E-state index in [9.17, 15) is 0 Å². The summed E-state index contributed by atoms with van der Waals surface area (Å²) in [6.07, 6.45) is 4.85.